The van der Waals surface area contributed by atoms with Gasteiger partial charge in [-0.25, -0.2) is 0 Å². The average Bonchev–Trinajstić information content (AvgIpc) is 3.53. The molecule has 0 amide bonds. The van der Waals surface area contributed by atoms with Gasteiger partial charge in [-0.3, -0.25) is 9.59 Å². The van der Waals surface area contributed by atoms with Gasteiger partial charge in [0.25, 0.3) is 0 Å². The van der Waals surface area contributed by atoms with Crippen LogP contribution in [0.5, 0.6) is 0 Å². The maximum Gasteiger partial charge on any atom is 0.302 e. The monoisotopic (exact) mass is 658 g/mol. The maximum atomic E-state index is 13.1. The standard InChI is InChI=1S/C42H58O6/c1-29(18-14-19-31(3)22-23-37-38(6,7)26-35(47-33(5)43)27-40(37,10)46)16-12-13-17-30(2)20-15-21-32(4)36(45)28-42-39(8,9)24-34(44)25-41(42,11)48-42/h12-22,34-35,44,46H,24-28H2,1-11H3/b13-12+,18-14+,20-15+,29-16+,30-17-,31-19+,32-21+/t23?,34-,35-,40+,41-,42-/m1/s1. The van der Waals surface area contributed by atoms with E-state index in [0.717, 1.165) is 22.3 Å². The lowest BCUT2D eigenvalue weighted by molar-refractivity contribution is -0.152. The topological polar surface area (TPSA) is 96.4 Å². The number of Topliss-reactive ketones (excluding diaryl/α,β-unsaturated/α-hetero) is 1. The first kappa shape index (κ1) is 39.2. The predicted molar refractivity (Wildman–Crippen MR) is 194 cm³/mol. The smallest absolute Gasteiger partial charge is 0.302 e. The summed E-state index contributed by atoms with van der Waals surface area (Å²) >= 11 is 0. The van der Waals surface area contributed by atoms with Crippen LogP contribution in [-0.4, -0.2) is 51.0 Å². The number of aliphatic hydroxyl groups excluding tert-OH is 1. The highest BCUT2D eigenvalue weighted by Crippen LogP contribution is 2.67. The number of epoxide rings is 1. The first-order chi connectivity index (χ1) is 22.1. The fourth-order valence-corrected chi connectivity index (χ4v) is 7.76. The van der Waals surface area contributed by atoms with Gasteiger partial charge in [0.15, 0.2) is 5.78 Å². The van der Waals surface area contributed by atoms with Crippen molar-refractivity contribution in [2.75, 3.05) is 0 Å². The Morgan fingerprint density at radius 1 is 0.812 bits per heavy atom. The quantitative estimate of drug-likeness (QED) is 0.0758. The van der Waals surface area contributed by atoms with Crippen molar-refractivity contribution in [2.24, 2.45) is 10.8 Å². The average molecular weight is 659 g/mol. The molecule has 0 unspecified atom stereocenters. The Morgan fingerprint density at radius 2 is 1.38 bits per heavy atom. The van der Waals surface area contributed by atoms with Gasteiger partial charge >= 0.3 is 5.97 Å². The lowest BCUT2D eigenvalue weighted by Crippen LogP contribution is -2.48. The highest BCUT2D eigenvalue weighted by Gasteiger charge is 2.76. The van der Waals surface area contributed by atoms with Crippen LogP contribution in [0.4, 0.5) is 0 Å². The Labute approximate surface area is 289 Å². The lowest BCUT2D eigenvalue weighted by atomic mass is 9.61. The van der Waals surface area contributed by atoms with E-state index in [4.69, 9.17) is 9.47 Å². The second-order valence-corrected chi connectivity index (χ2v) is 15.9. The third-order valence-electron chi connectivity index (χ3n) is 10.1. The van der Waals surface area contributed by atoms with Crippen molar-refractivity contribution in [3.8, 4) is 0 Å². The first-order valence-corrected chi connectivity index (χ1v) is 17.1. The van der Waals surface area contributed by atoms with Gasteiger partial charge in [-0.1, -0.05) is 99.6 Å². The van der Waals surface area contributed by atoms with Crippen molar-refractivity contribution in [3.63, 3.8) is 0 Å². The number of ketones is 1. The van der Waals surface area contributed by atoms with Crippen molar-refractivity contribution in [1.82, 2.24) is 0 Å². The molecule has 1 saturated heterocycles. The van der Waals surface area contributed by atoms with Gasteiger partial charge in [0.2, 0.25) is 0 Å². The van der Waals surface area contributed by atoms with Gasteiger partial charge in [-0.15, -0.1) is 5.73 Å². The zero-order valence-electron chi connectivity index (χ0n) is 31.1. The molecule has 6 nitrogen and oxygen atoms in total. The second-order valence-electron chi connectivity index (χ2n) is 15.9. The Balaban J connectivity index is 1.54. The number of aliphatic hydroxyl groups is 2. The zero-order chi connectivity index (χ0) is 36.1. The molecule has 0 aromatic rings. The van der Waals surface area contributed by atoms with Crippen LogP contribution in [0.3, 0.4) is 0 Å². The Hall–Kier alpha value is -3.28. The minimum absolute atomic E-state index is 0.0816. The minimum Gasteiger partial charge on any atom is -0.462 e. The highest BCUT2D eigenvalue weighted by atomic mass is 16.6. The first-order valence-electron chi connectivity index (χ1n) is 17.1. The zero-order valence-corrected chi connectivity index (χ0v) is 31.1. The van der Waals surface area contributed by atoms with Crippen LogP contribution in [-0.2, 0) is 19.1 Å². The molecule has 1 aliphatic heterocycles. The molecule has 3 aliphatic rings. The van der Waals surface area contributed by atoms with Crippen LogP contribution < -0.4 is 0 Å². The van der Waals surface area contributed by atoms with Gasteiger partial charge in [-0.05, 0) is 82.4 Å². The number of ether oxygens (including phenoxy) is 2. The fourth-order valence-electron chi connectivity index (χ4n) is 7.76. The van der Waals surface area contributed by atoms with Gasteiger partial charge in [-0.2, -0.15) is 0 Å². The number of rotatable bonds is 11. The van der Waals surface area contributed by atoms with Crippen molar-refractivity contribution < 1.29 is 29.3 Å². The maximum absolute atomic E-state index is 13.1. The molecule has 2 N–H and O–H groups in total. The van der Waals surface area contributed by atoms with Crippen LogP contribution in [0.25, 0.3) is 0 Å². The fraction of sp³-hybridized carbons (Fsp3) is 0.548. The molecule has 2 saturated carbocycles. The van der Waals surface area contributed by atoms with Crippen LogP contribution in [0, 0.1) is 10.8 Å². The van der Waals surface area contributed by atoms with Crippen molar-refractivity contribution in [1.29, 1.82) is 0 Å². The van der Waals surface area contributed by atoms with Crippen LogP contribution in [0.15, 0.2) is 100 Å². The molecule has 2 aliphatic carbocycles. The summed E-state index contributed by atoms with van der Waals surface area (Å²) in [4.78, 5) is 24.5. The lowest BCUT2D eigenvalue weighted by Gasteiger charge is -2.44. The van der Waals surface area contributed by atoms with Gasteiger partial charge in [0.05, 0.1) is 17.3 Å². The number of hydrogen-bond acceptors (Lipinski definition) is 6. The molecular weight excluding hydrogens is 600 g/mol. The van der Waals surface area contributed by atoms with E-state index in [0.29, 0.717) is 37.7 Å². The molecule has 0 spiro atoms. The molecular formula is C42H58O6. The summed E-state index contributed by atoms with van der Waals surface area (Å²) in [7, 11) is 0. The summed E-state index contributed by atoms with van der Waals surface area (Å²) in [5.74, 6) is -0.244. The van der Waals surface area contributed by atoms with Gasteiger partial charge in [0.1, 0.15) is 11.7 Å². The van der Waals surface area contributed by atoms with Gasteiger partial charge < -0.3 is 19.7 Å². The van der Waals surface area contributed by atoms with E-state index >= 15 is 0 Å². The summed E-state index contributed by atoms with van der Waals surface area (Å²) < 4.78 is 11.6. The van der Waals surface area contributed by atoms with E-state index in [1.807, 2.05) is 115 Å². The summed E-state index contributed by atoms with van der Waals surface area (Å²) in [6.45, 7) is 21.4. The summed E-state index contributed by atoms with van der Waals surface area (Å²) in [6, 6.07) is 0. The van der Waals surface area contributed by atoms with Crippen LogP contribution in [0.2, 0.25) is 0 Å². The molecule has 0 bridgehead atoms. The second kappa shape index (κ2) is 15.1. The number of carbonyl (C=O) groups excluding carboxylic acids is 2. The van der Waals surface area contributed by atoms with E-state index in [2.05, 4.69) is 19.6 Å². The molecule has 262 valence electrons. The number of fused-ring (bicyclic) bond motifs is 1. The Kier molecular flexibility index (Phi) is 12.3. The van der Waals surface area contributed by atoms with Crippen molar-refractivity contribution in [2.45, 2.75) is 137 Å². The normalized spacial score (nSPS) is 32.4. The Bertz CT molecular complexity index is 1510. The van der Waals surface area contributed by atoms with E-state index in [1.54, 1.807) is 6.92 Å². The molecule has 0 aromatic carbocycles. The predicted octanol–water partition coefficient (Wildman–Crippen LogP) is 8.69. The molecule has 5 atom stereocenters. The summed E-state index contributed by atoms with van der Waals surface area (Å²) in [5.41, 5.74) is 5.35. The van der Waals surface area contributed by atoms with Crippen LogP contribution >= 0.6 is 0 Å². The molecule has 0 aromatic heterocycles. The molecule has 6 heteroatoms. The SMILES string of the molecule is CC(=O)O[C@@H]1CC(C)(C)C(=C=C/C(C)=C/C=C/C(C)=C/C=C/C=C(C)\C=C\C=C(/C)C(=O)C[C@]23O[C@]2(C)C[C@H](O)CC3(C)C)[C@@](C)(O)C1. The third kappa shape index (κ3) is 9.66. The molecule has 0 radical (unpaired) electrons. The highest BCUT2D eigenvalue weighted by molar-refractivity contribution is 5.96. The third-order valence-corrected chi connectivity index (χ3v) is 10.1. The number of allylic oxidation sites excluding steroid dienone is 14. The van der Waals surface area contributed by atoms with Crippen molar-refractivity contribution >= 4 is 11.8 Å². The van der Waals surface area contributed by atoms with Crippen LogP contribution in [0.1, 0.15) is 108 Å². The largest absolute Gasteiger partial charge is 0.462 e. The van der Waals surface area contributed by atoms with E-state index in [9.17, 15) is 19.8 Å². The summed E-state index contributed by atoms with van der Waals surface area (Å²) in [6.07, 6.45) is 23.6. The number of esters is 1. The Morgan fingerprint density at radius 3 is 1.92 bits per heavy atom. The molecule has 3 fully saturated rings. The van der Waals surface area contributed by atoms with E-state index < -0.39 is 16.8 Å². The van der Waals surface area contributed by atoms with Crippen molar-refractivity contribution in [3.05, 3.63) is 100 Å². The molecule has 48 heavy (non-hydrogen) atoms. The minimum atomic E-state index is -1.11. The number of hydrogen-bond donors (Lipinski definition) is 2. The van der Waals surface area contributed by atoms with E-state index in [-0.39, 0.29) is 34.8 Å². The summed E-state index contributed by atoms with van der Waals surface area (Å²) in [5, 5.41) is 21.4. The molecule has 1 heterocycles. The number of carbonyl (C=O) groups is 2. The molecule has 3 rings (SSSR count). The van der Waals surface area contributed by atoms with Gasteiger partial charge in [0, 0.05) is 31.8 Å². The van der Waals surface area contributed by atoms with E-state index in [1.165, 1.54) is 6.92 Å².